The molecule has 0 bridgehead atoms. The Labute approximate surface area is 110 Å². The summed E-state index contributed by atoms with van der Waals surface area (Å²) in [4.78, 5) is 14.4. The first-order valence-corrected chi connectivity index (χ1v) is 7.10. The largest absolute Gasteiger partial charge is 0.355 e. The quantitative estimate of drug-likeness (QED) is 0.703. The molecule has 0 aliphatic carbocycles. The summed E-state index contributed by atoms with van der Waals surface area (Å²) in [5.74, 6) is -0.101. The molecule has 1 saturated heterocycles. The third-order valence-corrected chi connectivity index (χ3v) is 3.99. The van der Waals surface area contributed by atoms with Crippen LogP contribution >= 0.6 is 0 Å². The van der Waals surface area contributed by atoms with Crippen molar-refractivity contribution in [1.29, 1.82) is 5.26 Å². The lowest BCUT2D eigenvalue weighted by atomic mass is 9.83. The fraction of sp³-hybridized carbons (Fsp3) is 0.857. The van der Waals surface area contributed by atoms with Crippen LogP contribution < -0.4 is 5.32 Å². The zero-order valence-corrected chi connectivity index (χ0v) is 11.7. The normalized spacial score (nSPS) is 16.5. The summed E-state index contributed by atoms with van der Waals surface area (Å²) in [5, 5.41) is 12.1. The van der Waals surface area contributed by atoms with E-state index in [1.54, 1.807) is 0 Å². The lowest BCUT2D eigenvalue weighted by Gasteiger charge is -2.22. The molecule has 1 fully saturated rings. The Morgan fingerprint density at radius 3 is 2.44 bits per heavy atom. The second kappa shape index (κ2) is 7.38. The van der Waals surface area contributed by atoms with Gasteiger partial charge in [-0.2, -0.15) is 5.26 Å². The SMILES string of the molecule is CCC(C#N)(CC)C(=O)NCCCN1CCCC1. The topological polar surface area (TPSA) is 56.1 Å². The molecule has 4 nitrogen and oxygen atoms in total. The van der Waals surface area contributed by atoms with Gasteiger partial charge in [-0.25, -0.2) is 0 Å². The number of carbonyl (C=O) groups excluding carboxylic acids is 1. The number of nitrogens with zero attached hydrogens (tertiary/aromatic N) is 2. The van der Waals surface area contributed by atoms with Gasteiger partial charge in [0.2, 0.25) is 5.91 Å². The van der Waals surface area contributed by atoms with E-state index < -0.39 is 5.41 Å². The minimum atomic E-state index is -0.826. The molecule has 102 valence electrons. The molecule has 1 N–H and O–H groups in total. The number of amides is 1. The minimum absolute atomic E-state index is 0.101. The fourth-order valence-corrected chi connectivity index (χ4v) is 2.46. The molecule has 1 rings (SSSR count). The Balaban J connectivity index is 2.25. The third-order valence-electron chi connectivity index (χ3n) is 3.99. The molecule has 0 spiro atoms. The van der Waals surface area contributed by atoms with Crippen molar-refractivity contribution in [3.63, 3.8) is 0 Å². The number of nitriles is 1. The van der Waals surface area contributed by atoms with Crippen LogP contribution in [-0.4, -0.2) is 37.0 Å². The number of hydrogen-bond acceptors (Lipinski definition) is 3. The van der Waals surface area contributed by atoms with Crippen LogP contribution in [0.1, 0.15) is 46.0 Å². The van der Waals surface area contributed by atoms with E-state index in [1.807, 2.05) is 13.8 Å². The van der Waals surface area contributed by atoms with E-state index in [9.17, 15) is 4.79 Å². The number of likely N-dealkylation sites (tertiary alicyclic amines) is 1. The van der Waals surface area contributed by atoms with Gasteiger partial charge in [-0.15, -0.1) is 0 Å². The van der Waals surface area contributed by atoms with Crippen LogP contribution in [0.2, 0.25) is 0 Å². The van der Waals surface area contributed by atoms with Crippen LogP contribution in [0, 0.1) is 16.7 Å². The van der Waals surface area contributed by atoms with E-state index in [1.165, 1.54) is 25.9 Å². The van der Waals surface area contributed by atoms with Gasteiger partial charge in [0, 0.05) is 6.54 Å². The van der Waals surface area contributed by atoms with Crippen molar-refractivity contribution in [2.24, 2.45) is 5.41 Å². The molecule has 1 aliphatic heterocycles. The van der Waals surface area contributed by atoms with Crippen molar-refractivity contribution in [1.82, 2.24) is 10.2 Å². The molecule has 4 heteroatoms. The van der Waals surface area contributed by atoms with Gasteiger partial charge in [0.15, 0.2) is 0 Å². The second-order valence-electron chi connectivity index (χ2n) is 5.06. The van der Waals surface area contributed by atoms with E-state index in [-0.39, 0.29) is 5.91 Å². The second-order valence-corrected chi connectivity index (χ2v) is 5.06. The number of hydrogen-bond donors (Lipinski definition) is 1. The Morgan fingerprint density at radius 1 is 1.33 bits per heavy atom. The standard InChI is InChI=1S/C14H25N3O/c1-3-14(4-2,12-15)13(18)16-8-7-11-17-9-5-6-10-17/h3-11H2,1-2H3,(H,16,18). The average molecular weight is 251 g/mol. The summed E-state index contributed by atoms with van der Waals surface area (Å²) < 4.78 is 0. The highest BCUT2D eigenvalue weighted by atomic mass is 16.2. The lowest BCUT2D eigenvalue weighted by Crippen LogP contribution is -2.40. The van der Waals surface area contributed by atoms with Crippen molar-refractivity contribution >= 4 is 5.91 Å². The van der Waals surface area contributed by atoms with Crippen molar-refractivity contribution < 1.29 is 4.79 Å². The number of rotatable bonds is 7. The van der Waals surface area contributed by atoms with Gasteiger partial charge in [-0.1, -0.05) is 13.8 Å². The highest BCUT2D eigenvalue weighted by Gasteiger charge is 2.34. The van der Waals surface area contributed by atoms with Gasteiger partial charge >= 0.3 is 0 Å². The predicted molar refractivity (Wildman–Crippen MR) is 71.9 cm³/mol. The first kappa shape index (κ1) is 15.0. The van der Waals surface area contributed by atoms with Crippen LogP contribution in [0.25, 0.3) is 0 Å². The zero-order valence-electron chi connectivity index (χ0n) is 11.7. The smallest absolute Gasteiger partial charge is 0.240 e. The Bertz CT molecular complexity index is 299. The molecule has 1 heterocycles. The summed E-state index contributed by atoms with van der Waals surface area (Å²) in [5.41, 5.74) is -0.826. The van der Waals surface area contributed by atoms with E-state index in [2.05, 4.69) is 16.3 Å². The van der Waals surface area contributed by atoms with Crippen LogP contribution in [0.4, 0.5) is 0 Å². The molecule has 0 saturated carbocycles. The molecule has 18 heavy (non-hydrogen) atoms. The Kier molecular flexibility index (Phi) is 6.14. The average Bonchev–Trinajstić information content (AvgIpc) is 2.90. The number of carbonyl (C=O) groups is 1. The lowest BCUT2D eigenvalue weighted by molar-refractivity contribution is -0.128. The van der Waals surface area contributed by atoms with Crippen LogP contribution in [-0.2, 0) is 4.79 Å². The summed E-state index contributed by atoms with van der Waals surface area (Å²) in [6.45, 7) is 7.92. The first-order valence-electron chi connectivity index (χ1n) is 7.10. The maximum Gasteiger partial charge on any atom is 0.240 e. The van der Waals surface area contributed by atoms with E-state index in [0.29, 0.717) is 19.4 Å². The van der Waals surface area contributed by atoms with Gasteiger partial charge < -0.3 is 10.2 Å². The highest BCUT2D eigenvalue weighted by Crippen LogP contribution is 2.25. The van der Waals surface area contributed by atoms with Crippen molar-refractivity contribution in [2.75, 3.05) is 26.2 Å². The van der Waals surface area contributed by atoms with Crippen LogP contribution in [0.5, 0.6) is 0 Å². The zero-order chi connectivity index (χ0) is 13.4. The molecule has 0 aromatic heterocycles. The first-order chi connectivity index (χ1) is 8.68. The summed E-state index contributed by atoms with van der Waals surface area (Å²) in [7, 11) is 0. The molecule has 1 aliphatic rings. The summed E-state index contributed by atoms with van der Waals surface area (Å²) in [6.07, 6.45) is 4.74. The van der Waals surface area contributed by atoms with Crippen LogP contribution in [0.15, 0.2) is 0 Å². The van der Waals surface area contributed by atoms with E-state index in [0.717, 1.165) is 13.0 Å². The van der Waals surface area contributed by atoms with E-state index >= 15 is 0 Å². The van der Waals surface area contributed by atoms with Crippen molar-refractivity contribution in [2.45, 2.75) is 46.0 Å². The molecule has 0 aromatic rings. The summed E-state index contributed by atoms with van der Waals surface area (Å²) >= 11 is 0. The van der Waals surface area contributed by atoms with Gasteiger partial charge in [0.05, 0.1) is 6.07 Å². The van der Waals surface area contributed by atoms with E-state index in [4.69, 9.17) is 5.26 Å². The molecule has 0 atom stereocenters. The highest BCUT2D eigenvalue weighted by molar-refractivity contribution is 5.85. The van der Waals surface area contributed by atoms with Gasteiger partial charge in [0.1, 0.15) is 5.41 Å². The maximum atomic E-state index is 12.0. The monoisotopic (exact) mass is 251 g/mol. The third kappa shape index (κ3) is 3.71. The number of nitrogens with one attached hydrogen (secondary N) is 1. The van der Waals surface area contributed by atoms with Gasteiger partial charge in [-0.05, 0) is 51.7 Å². The van der Waals surface area contributed by atoms with Gasteiger partial charge in [-0.3, -0.25) is 4.79 Å². The Morgan fingerprint density at radius 2 is 1.94 bits per heavy atom. The predicted octanol–water partition coefficient (Wildman–Crippen LogP) is 1.92. The molecular weight excluding hydrogens is 226 g/mol. The van der Waals surface area contributed by atoms with Gasteiger partial charge in [0.25, 0.3) is 0 Å². The maximum absolute atomic E-state index is 12.0. The molecule has 0 radical (unpaired) electrons. The molecule has 0 aromatic carbocycles. The fourth-order valence-electron chi connectivity index (χ4n) is 2.46. The van der Waals surface area contributed by atoms with Crippen molar-refractivity contribution in [3.05, 3.63) is 0 Å². The molecular formula is C14H25N3O. The molecule has 0 unspecified atom stereocenters. The minimum Gasteiger partial charge on any atom is -0.355 e. The Hall–Kier alpha value is -1.08. The summed E-state index contributed by atoms with van der Waals surface area (Å²) in [6, 6.07) is 2.17. The molecule has 1 amide bonds. The van der Waals surface area contributed by atoms with Crippen molar-refractivity contribution in [3.8, 4) is 6.07 Å². The van der Waals surface area contributed by atoms with Crippen LogP contribution in [0.3, 0.4) is 0 Å².